The molecule has 0 saturated carbocycles. The summed E-state index contributed by atoms with van der Waals surface area (Å²) in [6.07, 6.45) is 0. The van der Waals surface area contributed by atoms with Crippen LogP contribution in [-0.4, -0.2) is 4.57 Å². The number of aromatic nitrogens is 1. The van der Waals surface area contributed by atoms with Crippen LogP contribution in [0.25, 0.3) is 5.69 Å². The van der Waals surface area contributed by atoms with E-state index in [-0.39, 0.29) is 16.9 Å². The van der Waals surface area contributed by atoms with Gasteiger partial charge in [-0.2, -0.15) is 5.26 Å². The lowest BCUT2D eigenvalue weighted by atomic mass is 10.1. The highest BCUT2D eigenvalue weighted by molar-refractivity contribution is 5.44. The number of pyridine rings is 1. The van der Waals surface area contributed by atoms with Crippen LogP contribution in [0.2, 0.25) is 0 Å². The second-order valence-corrected chi connectivity index (χ2v) is 4.07. The predicted octanol–water partition coefficient (Wildman–Crippen LogP) is 2.47. The maximum Gasteiger partial charge on any atom is 0.273 e. The molecule has 1 heterocycles. The third-order valence-electron chi connectivity index (χ3n) is 2.80. The van der Waals surface area contributed by atoms with Crippen LogP contribution in [0.1, 0.15) is 16.8 Å². The maximum absolute atomic E-state index is 13.1. The van der Waals surface area contributed by atoms with Crippen LogP contribution in [0.5, 0.6) is 0 Å². The fourth-order valence-corrected chi connectivity index (χ4v) is 1.88. The van der Waals surface area contributed by atoms with Crippen molar-refractivity contribution in [3.63, 3.8) is 0 Å². The van der Waals surface area contributed by atoms with Crippen LogP contribution in [-0.2, 0) is 0 Å². The molecule has 0 aliphatic rings. The Hall–Kier alpha value is -2.41. The lowest BCUT2D eigenvalue weighted by molar-refractivity contribution is 0.626. The minimum atomic E-state index is -0.382. The molecule has 2 rings (SSSR count). The number of nitriles is 1. The summed E-state index contributed by atoms with van der Waals surface area (Å²) >= 11 is 0. The molecule has 90 valence electrons. The van der Waals surface area contributed by atoms with Crippen molar-refractivity contribution >= 4 is 0 Å². The number of rotatable bonds is 1. The van der Waals surface area contributed by atoms with Crippen molar-refractivity contribution in [3.8, 4) is 11.8 Å². The van der Waals surface area contributed by atoms with Crippen molar-refractivity contribution in [3.05, 3.63) is 63.3 Å². The van der Waals surface area contributed by atoms with Crippen molar-refractivity contribution in [2.24, 2.45) is 0 Å². The molecule has 0 N–H and O–H groups in total. The van der Waals surface area contributed by atoms with Gasteiger partial charge in [0.1, 0.15) is 17.4 Å². The molecule has 18 heavy (non-hydrogen) atoms. The van der Waals surface area contributed by atoms with Crippen molar-refractivity contribution < 1.29 is 4.39 Å². The molecular formula is C14H11FN2O. The Morgan fingerprint density at radius 3 is 2.56 bits per heavy atom. The Kier molecular flexibility index (Phi) is 2.99. The predicted molar refractivity (Wildman–Crippen MR) is 66.2 cm³/mol. The summed E-state index contributed by atoms with van der Waals surface area (Å²) in [6, 6.07) is 9.25. The van der Waals surface area contributed by atoms with Gasteiger partial charge in [0.05, 0.1) is 5.69 Å². The largest absolute Gasteiger partial charge is 0.280 e. The highest BCUT2D eigenvalue weighted by Gasteiger charge is 2.10. The monoisotopic (exact) mass is 242 g/mol. The van der Waals surface area contributed by atoms with Crippen molar-refractivity contribution in [2.45, 2.75) is 13.8 Å². The molecule has 0 aliphatic carbocycles. The highest BCUT2D eigenvalue weighted by Crippen LogP contribution is 2.15. The first-order valence-electron chi connectivity index (χ1n) is 5.44. The smallest absolute Gasteiger partial charge is 0.273 e. The van der Waals surface area contributed by atoms with Gasteiger partial charge in [-0.05, 0) is 49.7 Å². The van der Waals surface area contributed by atoms with Gasteiger partial charge in [-0.15, -0.1) is 0 Å². The number of hydrogen-bond acceptors (Lipinski definition) is 2. The standard InChI is InChI=1S/C14H11FN2O/c1-9-7-12(15)5-6-13(9)17-10(2)3-4-11(8-16)14(17)18/h3-7H,1-2H3. The number of nitrogens with zero attached hydrogens (tertiary/aromatic N) is 2. The van der Waals surface area contributed by atoms with Crippen LogP contribution >= 0.6 is 0 Å². The van der Waals surface area contributed by atoms with Crippen molar-refractivity contribution in [2.75, 3.05) is 0 Å². The molecule has 1 aromatic carbocycles. The molecule has 0 saturated heterocycles. The van der Waals surface area contributed by atoms with Gasteiger partial charge >= 0.3 is 0 Å². The molecule has 0 unspecified atom stereocenters. The van der Waals surface area contributed by atoms with Crippen LogP contribution in [0.15, 0.2) is 35.1 Å². The van der Waals surface area contributed by atoms with Gasteiger partial charge in [0.25, 0.3) is 5.56 Å². The summed E-state index contributed by atoms with van der Waals surface area (Å²) in [4.78, 5) is 12.1. The van der Waals surface area contributed by atoms with E-state index >= 15 is 0 Å². The molecular weight excluding hydrogens is 231 g/mol. The third-order valence-corrected chi connectivity index (χ3v) is 2.80. The Morgan fingerprint density at radius 1 is 1.22 bits per heavy atom. The molecule has 4 heteroatoms. The van der Waals surface area contributed by atoms with Crippen LogP contribution in [0, 0.1) is 31.0 Å². The van der Waals surface area contributed by atoms with E-state index in [2.05, 4.69) is 0 Å². The summed E-state index contributed by atoms with van der Waals surface area (Å²) in [5.74, 6) is -0.349. The molecule has 0 amide bonds. The van der Waals surface area contributed by atoms with E-state index < -0.39 is 0 Å². The number of hydrogen-bond donors (Lipinski definition) is 0. The van der Waals surface area contributed by atoms with Crippen molar-refractivity contribution in [1.29, 1.82) is 5.26 Å². The molecule has 0 bridgehead atoms. The Balaban J connectivity index is 2.79. The number of halogens is 1. The molecule has 0 radical (unpaired) electrons. The number of aryl methyl sites for hydroxylation is 2. The molecule has 0 atom stereocenters. The molecule has 0 fully saturated rings. The van der Waals surface area contributed by atoms with Gasteiger partial charge in [-0.25, -0.2) is 4.39 Å². The van der Waals surface area contributed by atoms with Gasteiger partial charge < -0.3 is 0 Å². The zero-order valence-corrected chi connectivity index (χ0v) is 10.1. The highest BCUT2D eigenvalue weighted by atomic mass is 19.1. The van der Waals surface area contributed by atoms with E-state index in [1.165, 1.54) is 22.8 Å². The van der Waals surface area contributed by atoms with E-state index in [9.17, 15) is 9.18 Å². The quantitative estimate of drug-likeness (QED) is 0.771. The first-order valence-corrected chi connectivity index (χ1v) is 5.44. The fraction of sp³-hybridized carbons (Fsp3) is 0.143. The van der Waals surface area contributed by atoms with Gasteiger partial charge in [0.15, 0.2) is 0 Å². The lowest BCUT2D eigenvalue weighted by Crippen LogP contribution is -2.23. The van der Waals surface area contributed by atoms with Gasteiger partial charge in [0, 0.05) is 5.69 Å². The van der Waals surface area contributed by atoms with Crippen LogP contribution in [0.3, 0.4) is 0 Å². The summed E-state index contributed by atoms with van der Waals surface area (Å²) in [7, 11) is 0. The van der Waals surface area contributed by atoms with Gasteiger partial charge in [-0.3, -0.25) is 9.36 Å². The van der Waals surface area contributed by atoms with Crippen molar-refractivity contribution in [1.82, 2.24) is 4.57 Å². The van der Waals surface area contributed by atoms with Gasteiger partial charge in [-0.1, -0.05) is 0 Å². The summed E-state index contributed by atoms with van der Waals surface area (Å²) < 4.78 is 14.5. The van der Waals surface area contributed by atoms with Crippen LogP contribution in [0.4, 0.5) is 4.39 Å². The normalized spacial score (nSPS) is 10.1. The summed E-state index contributed by atoms with van der Waals surface area (Å²) in [5.41, 5.74) is 1.64. The topological polar surface area (TPSA) is 45.8 Å². The van der Waals surface area contributed by atoms with E-state index in [1.807, 2.05) is 6.07 Å². The molecule has 3 nitrogen and oxygen atoms in total. The zero-order chi connectivity index (χ0) is 13.3. The second-order valence-electron chi connectivity index (χ2n) is 4.07. The minimum absolute atomic E-state index is 0.0734. The minimum Gasteiger partial charge on any atom is -0.280 e. The first-order chi connectivity index (χ1) is 8.54. The third kappa shape index (κ3) is 1.91. The molecule has 1 aromatic heterocycles. The van der Waals surface area contributed by atoms with E-state index in [0.717, 1.165) is 0 Å². The fourth-order valence-electron chi connectivity index (χ4n) is 1.88. The molecule has 2 aromatic rings. The maximum atomic E-state index is 13.1. The average molecular weight is 242 g/mol. The first kappa shape index (κ1) is 12.1. The lowest BCUT2D eigenvalue weighted by Gasteiger charge is -2.12. The average Bonchev–Trinajstić information content (AvgIpc) is 2.32. The number of benzene rings is 1. The Labute approximate surface area is 104 Å². The second kappa shape index (κ2) is 4.46. The SMILES string of the molecule is Cc1cc(F)ccc1-n1c(C)ccc(C#N)c1=O. The van der Waals surface area contributed by atoms with Gasteiger partial charge in [0.2, 0.25) is 0 Å². The van der Waals surface area contributed by atoms with E-state index in [1.54, 1.807) is 26.0 Å². The Bertz CT molecular complexity index is 711. The zero-order valence-electron chi connectivity index (χ0n) is 10.1. The molecule has 0 aliphatic heterocycles. The Morgan fingerprint density at radius 2 is 1.94 bits per heavy atom. The van der Waals surface area contributed by atoms with Crippen LogP contribution < -0.4 is 5.56 Å². The summed E-state index contributed by atoms with van der Waals surface area (Å²) in [5, 5.41) is 8.87. The molecule has 0 spiro atoms. The van der Waals surface area contributed by atoms with E-state index in [0.29, 0.717) is 16.9 Å². The summed E-state index contributed by atoms with van der Waals surface area (Å²) in [6.45, 7) is 3.49. The van der Waals surface area contributed by atoms with E-state index in [4.69, 9.17) is 5.26 Å².